The van der Waals surface area contributed by atoms with E-state index >= 15 is 0 Å². The molecule has 2 N–H and O–H groups in total. The van der Waals surface area contributed by atoms with Gasteiger partial charge in [0.25, 0.3) is 0 Å². The number of nitriles is 1. The monoisotopic (exact) mass is 258 g/mol. The Morgan fingerprint density at radius 2 is 2.26 bits per heavy atom. The molecule has 0 aromatic carbocycles. The summed E-state index contributed by atoms with van der Waals surface area (Å²) in [6.07, 6.45) is 0.716. The molecule has 1 aliphatic heterocycles. The van der Waals surface area contributed by atoms with E-state index in [1.54, 1.807) is 0 Å². The number of carbonyl (C=O) groups excluding carboxylic acids is 1. The minimum absolute atomic E-state index is 0.281. The minimum Gasteiger partial charge on any atom is -0.369 e. The van der Waals surface area contributed by atoms with Crippen LogP contribution in [-0.2, 0) is 4.79 Å². The van der Waals surface area contributed by atoms with Gasteiger partial charge >= 0.3 is 0 Å². The molecule has 5 heteroatoms. The van der Waals surface area contributed by atoms with Crippen LogP contribution >= 0.6 is 0 Å². The van der Waals surface area contributed by atoms with Crippen molar-refractivity contribution in [2.75, 3.05) is 18.0 Å². The number of nitrogens with zero attached hydrogens (tertiary/aromatic N) is 3. The van der Waals surface area contributed by atoms with Crippen molar-refractivity contribution in [2.24, 2.45) is 11.1 Å². The van der Waals surface area contributed by atoms with Crippen molar-refractivity contribution in [1.29, 1.82) is 5.26 Å². The maximum absolute atomic E-state index is 11.5. The second kappa shape index (κ2) is 4.54. The topological polar surface area (TPSA) is 83.0 Å². The summed E-state index contributed by atoms with van der Waals surface area (Å²) in [4.78, 5) is 17.9. The number of aromatic nitrogens is 1. The summed E-state index contributed by atoms with van der Waals surface area (Å²) in [6.45, 7) is 6.90. The first kappa shape index (κ1) is 13.3. The van der Waals surface area contributed by atoms with Crippen LogP contribution in [0.25, 0.3) is 0 Å². The van der Waals surface area contributed by atoms with Crippen LogP contribution in [0.1, 0.15) is 30.3 Å². The number of carbonyl (C=O) groups is 1. The lowest BCUT2D eigenvalue weighted by Gasteiger charge is -2.24. The maximum atomic E-state index is 11.5. The van der Waals surface area contributed by atoms with E-state index in [0.29, 0.717) is 18.5 Å². The Labute approximate surface area is 113 Å². The first-order valence-electron chi connectivity index (χ1n) is 6.30. The highest BCUT2D eigenvalue weighted by Gasteiger charge is 2.39. The molecule has 1 aromatic heterocycles. The Kier molecular flexibility index (Phi) is 3.19. The van der Waals surface area contributed by atoms with E-state index in [9.17, 15) is 10.1 Å². The summed E-state index contributed by atoms with van der Waals surface area (Å²) in [5, 5.41) is 9.28. The van der Waals surface area contributed by atoms with Crippen LogP contribution in [0.2, 0.25) is 0 Å². The molecule has 0 aliphatic carbocycles. The largest absolute Gasteiger partial charge is 0.369 e. The first-order valence-corrected chi connectivity index (χ1v) is 6.30. The van der Waals surface area contributed by atoms with Crippen molar-refractivity contribution >= 4 is 11.6 Å². The maximum Gasteiger partial charge on any atom is 0.225 e. The molecule has 1 amide bonds. The van der Waals surface area contributed by atoms with Crippen molar-refractivity contribution in [3.63, 3.8) is 0 Å². The van der Waals surface area contributed by atoms with Crippen molar-refractivity contribution in [1.82, 2.24) is 4.98 Å². The van der Waals surface area contributed by atoms with Gasteiger partial charge in [-0.3, -0.25) is 9.78 Å². The number of hydrogen-bond donors (Lipinski definition) is 1. The smallest absolute Gasteiger partial charge is 0.225 e. The number of aryl methyl sites for hydroxylation is 2. The number of anilines is 1. The van der Waals surface area contributed by atoms with Gasteiger partial charge in [0.05, 0.1) is 22.4 Å². The normalized spacial score (nSPS) is 22.3. The standard InChI is InChI=1S/C14H18N4O/c1-9-6-12(11(7-15)10(2)17-9)18-5-4-14(3,8-18)13(16)19/h6H,4-5,8H2,1-3H3,(H2,16,19). The van der Waals surface area contributed by atoms with Crippen LogP contribution in [0.3, 0.4) is 0 Å². The predicted molar refractivity (Wildman–Crippen MR) is 72.6 cm³/mol. The summed E-state index contributed by atoms with van der Waals surface area (Å²) in [6, 6.07) is 4.11. The van der Waals surface area contributed by atoms with Crippen LogP contribution in [-0.4, -0.2) is 24.0 Å². The second-order valence-electron chi connectivity index (χ2n) is 5.45. The third-order valence-electron chi connectivity index (χ3n) is 3.83. The molecule has 19 heavy (non-hydrogen) atoms. The van der Waals surface area contributed by atoms with Crippen LogP contribution in [0.4, 0.5) is 5.69 Å². The zero-order chi connectivity index (χ0) is 14.2. The lowest BCUT2D eigenvalue weighted by molar-refractivity contribution is -0.125. The molecular formula is C14H18N4O. The molecule has 100 valence electrons. The highest BCUT2D eigenvalue weighted by atomic mass is 16.1. The van der Waals surface area contributed by atoms with Gasteiger partial charge in [-0.05, 0) is 33.3 Å². The van der Waals surface area contributed by atoms with E-state index in [-0.39, 0.29) is 5.91 Å². The second-order valence-corrected chi connectivity index (χ2v) is 5.45. The quantitative estimate of drug-likeness (QED) is 0.866. The van der Waals surface area contributed by atoms with E-state index in [2.05, 4.69) is 16.0 Å². The van der Waals surface area contributed by atoms with Gasteiger partial charge in [0, 0.05) is 18.8 Å². The summed E-state index contributed by atoms with van der Waals surface area (Å²) in [7, 11) is 0. The van der Waals surface area contributed by atoms with Crippen molar-refractivity contribution in [2.45, 2.75) is 27.2 Å². The van der Waals surface area contributed by atoms with Gasteiger partial charge in [0.1, 0.15) is 6.07 Å². The fraction of sp³-hybridized carbons (Fsp3) is 0.500. The average Bonchev–Trinajstić information content (AvgIpc) is 2.72. The third kappa shape index (κ3) is 2.26. The van der Waals surface area contributed by atoms with Crippen LogP contribution < -0.4 is 10.6 Å². The average molecular weight is 258 g/mol. The zero-order valence-corrected chi connectivity index (χ0v) is 11.5. The van der Waals surface area contributed by atoms with Crippen LogP contribution in [0.15, 0.2) is 6.07 Å². The van der Waals surface area contributed by atoms with E-state index in [1.807, 2.05) is 26.8 Å². The molecule has 1 fully saturated rings. The molecule has 1 atom stereocenters. The van der Waals surface area contributed by atoms with Crippen molar-refractivity contribution < 1.29 is 4.79 Å². The highest BCUT2D eigenvalue weighted by molar-refractivity contribution is 5.82. The van der Waals surface area contributed by atoms with E-state index < -0.39 is 5.41 Å². The number of primary amides is 1. The van der Waals surface area contributed by atoms with Gasteiger partial charge in [-0.15, -0.1) is 0 Å². The van der Waals surface area contributed by atoms with Crippen LogP contribution in [0, 0.1) is 30.6 Å². The van der Waals surface area contributed by atoms with Gasteiger partial charge in [0.15, 0.2) is 0 Å². The molecule has 2 heterocycles. The number of hydrogen-bond acceptors (Lipinski definition) is 4. The molecular weight excluding hydrogens is 240 g/mol. The van der Waals surface area contributed by atoms with E-state index in [0.717, 1.165) is 23.6 Å². The first-order chi connectivity index (χ1) is 8.87. The van der Waals surface area contributed by atoms with Crippen LogP contribution in [0.5, 0.6) is 0 Å². The fourth-order valence-electron chi connectivity index (χ4n) is 2.56. The third-order valence-corrected chi connectivity index (χ3v) is 3.83. The van der Waals surface area contributed by atoms with E-state index in [4.69, 9.17) is 5.73 Å². The lowest BCUT2D eigenvalue weighted by Crippen LogP contribution is -2.37. The Bertz CT molecular complexity index is 576. The Hall–Kier alpha value is -2.09. The van der Waals surface area contributed by atoms with Crippen molar-refractivity contribution in [3.8, 4) is 6.07 Å². The number of pyridine rings is 1. The Balaban J connectivity index is 2.40. The lowest BCUT2D eigenvalue weighted by atomic mass is 9.89. The molecule has 1 aliphatic rings. The SMILES string of the molecule is Cc1cc(N2CCC(C)(C(N)=O)C2)c(C#N)c(C)n1. The summed E-state index contributed by atoms with van der Waals surface area (Å²) < 4.78 is 0. The summed E-state index contributed by atoms with van der Waals surface area (Å²) >= 11 is 0. The van der Waals surface area contributed by atoms with Gasteiger partial charge in [-0.25, -0.2) is 0 Å². The summed E-state index contributed by atoms with van der Waals surface area (Å²) in [5.74, 6) is -0.281. The summed E-state index contributed by atoms with van der Waals surface area (Å²) in [5.41, 5.74) is 7.99. The molecule has 1 aromatic rings. The predicted octanol–water partition coefficient (Wildman–Crippen LogP) is 1.27. The molecule has 2 rings (SSSR count). The molecule has 5 nitrogen and oxygen atoms in total. The Morgan fingerprint density at radius 3 is 2.79 bits per heavy atom. The molecule has 0 saturated carbocycles. The molecule has 1 saturated heterocycles. The van der Waals surface area contributed by atoms with Gasteiger partial charge < -0.3 is 10.6 Å². The number of rotatable bonds is 2. The van der Waals surface area contributed by atoms with Gasteiger partial charge in [-0.1, -0.05) is 0 Å². The Morgan fingerprint density at radius 1 is 1.58 bits per heavy atom. The highest BCUT2D eigenvalue weighted by Crippen LogP contribution is 2.35. The molecule has 0 bridgehead atoms. The zero-order valence-electron chi connectivity index (χ0n) is 11.5. The number of nitrogens with two attached hydrogens (primary N) is 1. The minimum atomic E-state index is -0.516. The van der Waals surface area contributed by atoms with Gasteiger partial charge in [-0.2, -0.15) is 5.26 Å². The van der Waals surface area contributed by atoms with E-state index in [1.165, 1.54) is 0 Å². The molecule has 1 unspecified atom stereocenters. The number of amides is 1. The molecule has 0 radical (unpaired) electrons. The molecule has 0 spiro atoms. The van der Waals surface area contributed by atoms with Gasteiger partial charge in [0.2, 0.25) is 5.91 Å². The fourth-order valence-corrected chi connectivity index (χ4v) is 2.56. The van der Waals surface area contributed by atoms with Crippen molar-refractivity contribution in [3.05, 3.63) is 23.0 Å².